The van der Waals surface area contributed by atoms with Crippen LogP contribution in [0.1, 0.15) is 16.7 Å². The Hall–Kier alpha value is -2.48. The Morgan fingerprint density at radius 3 is 2.25 bits per heavy atom. The predicted molar refractivity (Wildman–Crippen MR) is 69.9 cm³/mol. The molecule has 20 heavy (non-hydrogen) atoms. The minimum atomic E-state index is -4.33. The number of halogens is 3. The van der Waals surface area contributed by atoms with Gasteiger partial charge in [-0.1, -0.05) is 18.2 Å². The molecular formula is C15H11F3N2. The lowest BCUT2D eigenvalue weighted by molar-refractivity contribution is -0.137. The van der Waals surface area contributed by atoms with E-state index >= 15 is 0 Å². The first-order valence-corrected chi connectivity index (χ1v) is 5.90. The minimum Gasteiger partial charge on any atom is -0.381 e. The van der Waals surface area contributed by atoms with Crippen LogP contribution >= 0.6 is 0 Å². The molecule has 1 N–H and O–H groups in total. The van der Waals surface area contributed by atoms with Gasteiger partial charge in [0.15, 0.2) is 0 Å². The van der Waals surface area contributed by atoms with Crippen LogP contribution in [-0.2, 0) is 12.7 Å². The van der Waals surface area contributed by atoms with E-state index in [0.717, 1.165) is 17.7 Å². The summed E-state index contributed by atoms with van der Waals surface area (Å²) in [7, 11) is 0. The Labute approximate surface area is 114 Å². The lowest BCUT2D eigenvalue weighted by atomic mass is 10.1. The van der Waals surface area contributed by atoms with Gasteiger partial charge in [-0.25, -0.2) is 0 Å². The lowest BCUT2D eigenvalue weighted by Gasteiger charge is -2.10. The van der Waals surface area contributed by atoms with Gasteiger partial charge in [-0.3, -0.25) is 0 Å². The highest BCUT2D eigenvalue weighted by Crippen LogP contribution is 2.29. The monoisotopic (exact) mass is 276 g/mol. The maximum atomic E-state index is 12.4. The van der Waals surface area contributed by atoms with Crippen LogP contribution in [0, 0.1) is 11.3 Å². The Balaban J connectivity index is 2.07. The van der Waals surface area contributed by atoms with Crippen LogP contribution in [0.5, 0.6) is 0 Å². The van der Waals surface area contributed by atoms with E-state index in [9.17, 15) is 13.2 Å². The van der Waals surface area contributed by atoms with Crippen LogP contribution in [-0.4, -0.2) is 0 Å². The molecule has 0 bridgehead atoms. The number of nitriles is 1. The number of benzene rings is 2. The second-order valence-electron chi connectivity index (χ2n) is 4.20. The number of hydrogen-bond donors (Lipinski definition) is 1. The smallest absolute Gasteiger partial charge is 0.381 e. The molecule has 0 aliphatic heterocycles. The first-order chi connectivity index (χ1) is 9.50. The maximum Gasteiger partial charge on any atom is 0.416 e. The molecule has 0 aromatic heterocycles. The SMILES string of the molecule is N#Cc1ccccc1CNc1ccc(C(F)(F)F)cc1. The van der Waals surface area contributed by atoms with E-state index < -0.39 is 11.7 Å². The summed E-state index contributed by atoms with van der Waals surface area (Å²) in [5, 5.41) is 11.9. The number of rotatable bonds is 3. The molecule has 5 heteroatoms. The molecule has 0 saturated heterocycles. The zero-order valence-corrected chi connectivity index (χ0v) is 10.4. The van der Waals surface area contributed by atoms with Crippen molar-refractivity contribution in [3.05, 3.63) is 65.2 Å². The Morgan fingerprint density at radius 1 is 1.00 bits per heavy atom. The Bertz CT molecular complexity index is 625. The van der Waals surface area contributed by atoms with Crippen molar-refractivity contribution in [2.75, 3.05) is 5.32 Å². The quantitative estimate of drug-likeness (QED) is 0.912. The molecule has 0 aliphatic carbocycles. The summed E-state index contributed by atoms with van der Waals surface area (Å²) in [5.41, 5.74) is 1.24. The van der Waals surface area contributed by atoms with Crippen molar-refractivity contribution in [1.29, 1.82) is 5.26 Å². The summed E-state index contributed by atoms with van der Waals surface area (Å²) in [6.07, 6.45) is -4.33. The van der Waals surface area contributed by atoms with Crippen molar-refractivity contribution in [2.45, 2.75) is 12.7 Å². The van der Waals surface area contributed by atoms with E-state index in [-0.39, 0.29) is 0 Å². The summed E-state index contributed by atoms with van der Waals surface area (Å²) >= 11 is 0. The molecule has 0 aliphatic rings. The van der Waals surface area contributed by atoms with Gasteiger partial charge in [0.2, 0.25) is 0 Å². The second kappa shape index (κ2) is 5.66. The molecule has 2 aromatic rings. The predicted octanol–water partition coefficient (Wildman–Crippen LogP) is 4.19. The molecule has 2 rings (SSSR count). The molecule has 0 heterocycles. The highest BCUT2D eigenvalue weighted by Gasteiger charge is 2.29. The number of alkyl halides is 3. The number of anilines is 1. The lowest BCUT2D eigenvalue weighted by Crippen LogP contribution is -2.05. The molecule has 2 nitrogen and oxygen atoms in total. The average molecular weight is 276 g/mol. The van der Waals surface area contributed by atoms with Crippen LogP contribution < -0.4 is 5.32 Å². The molecule has 0 saturated carbocycles. The van der Waals surface area contributed by atoms with Crippen LogP contribution in [0.4, 0.5) is 18.9 Å². The molecule has 102 valence electrons. The van der Waals surface area contributed by atoms with Crippen molar-refractivity contribution >= 4 is 5.69 Å². The summed E-state index contributed by atoms with van der Waals surface area (Å²) in [6, 6.07) is 13.9. The van der Waals surface area contributed by atoms with Crippen molar-refractivity contribution in [3.8, 4) is 6.07 Å². The highest BCUT2D eigenvalue weighted by molar-refractivity contribution is 5.47. The largest absolute Gasteiger partial charge is 0.416 e. The molecule has 0 atom stereocenters. The molecular weight excluding hydrogens is 265 g/mol. The normalized spacial score (nSPS) is 10.9. The van der Waals surface area contributed by atoms with Gasteiger partial charge >= 0.3 is 6.18 Å². The first kappa shape index (κ1) is 13.9. The van der Waals surface area contributed by atoms with E-state index in [1.54, 1.807) is 18.2 Å². The Kier molecular flexibility index (Phi) is 3.94. The van der Waals surface area contributed by atoms with Gasteiger partial charge in [-0.05, 0) is 35.9 Å². The topological polar surface area (TPSA) is 35.8 Å². The third-order valence-corrected chi connectivity index (χ3v) is 2.83. The van der Waals surface area contributed by atoms with Crippen LogP contribution in [0.2, 0.25) is 0 Å². The third kappa shape index (κ3) is 3.29. The molecule has 0 fully saturated rings. The number of nitrogens with zero attached hydrogens (tertiary/aromatic N) is 1. The summed E-state index contributed by atoms with van der Waals surface area (Å²) in [6.45, 7) is 0.384. The van der Waals surface area contributed by atoms with Crippen LogP contribution in [0.25, 0.3) is 0 Å². The average Bonchev–Trinajstić information content (AvgIpc) is 2.45. The van der Waals surface area contributed by atoms with Gasteiger partial charge in [-0.15, -0.1) is 0 Å². The maximum absolute atomic E-state index is 12.4. The van der Waals surface area contributed by atoms with Crippen LogP contribution in [0.3, 0.4) is 0 Å². The van der Waals surface area contributed by atoms with E-state index in [1.807, 2.05) is 6.07 Å². The highest BCUT2D eigenvalue weighted by atomic mass is 19.4. The van der Waals surface area contributed by atoms with E-state index in [0.29, 0.717) is 17.8 Å². The van der Waals surface area contributed by atoms with Crippen molar-refractivity contribution < 1.29 is 13.2 Å². The molecule has 0 spiro atoms. The molecule has 0 amide bonds. The van der Waals surface area contributed by atoms with E-state index in [4.69, 9.17) is 5.26 Å². The fourth-order valence-corrected chi connectivity index (χ4v) is 1.76. The van der Waals surface area contributed by atoms with E-state index in [1.165, 1.54) is 12.1 Å². The van der Waals surface area contributed by atoms with Gasteiger partial charge in [0.25, 0.3) is 0 Å². The Morgan fingerprint density at radius 2 is 1.65 bits per heavy atom. The van der Waals surface area contributed by atoms with Crippen molar-refractivity contribution in [2.24, 2.45) is 0 Å². The zero-order chi connectivity index (χ0) is 14.6. The standard InChI is InChI=1S/C15H11F3N2/c16-15(17,18)13-5-7-14(8-6-13)20-10-12-4-2-1-3-11(12)9-19/h1-8,20H,10H2. The van der Waals surface area contributed by atoms with Crippen LogP contribution in [0.15, 0.2) is 48.5 Å². The number of hydrogen-bond acceptors (Lipinski definition) is 2. The fourth-order valence-electron chi connectivity index (χ4n) is 1.76. The minimum absolute atomic E-state index is 0.384. The van der Waals surface area contributed by atoms with Gasteiger partial charge in [-0.2, -0.15) is 18.4 Å². The summed E-state index contributed by atoms with van der Waals surface area (Å²) in [4.78, 5) is 0. The molecule has 0 radical (unpaired) electrons. The van der Waals surface area contributed by atoms with Crippen molar-refractivity contribution in [3.63, 3.8) is 0 Å². The molecule has 2 aromatic carbocycles. The summed E-state index contributed by atoms with van der Waals surface area (Å²) in [5.74, 6) is 0. The van der Waals surface area contributed by atoms with Gasteiger partial charge in [0.1, 0.15) is 0 Å². The zero-order valence-electron chi connectivity index (χ0n) is 10.4. The van der Waals surface area contributed by atoms with Gasteiger partial charge in [0, 0.05) is 12.2 Å². The second-order valence-corrected chi connectivity index (χ2v) is 4.20. The third-order valence-electron chi connectivity index (χ3n) is 2.83. The summed E-state index contributed by atoms with van der Waals surface area (Å²) < 4.78 is 37.2. The van der Waals surface area contributed by atoms with Gasteiger partial charge < -0.3 is 5.32 Å². The van der Waals surface area contributed by atoms with E-state index in [2.05, 4.69) is 11.4 Å². The number of nitrogens with one attached hydrogen (secondary N) is 1. The van der Waals surface area contributed by atoms with Gasteiger partial charge in [0.05, 0.1) is 17.2 Å². The van der Waals surface area contributed by atoms with Crippen molar-refractivity contribution in [1.82, 2.24) is 0 Å². The first-order valence-electron chi connectivity index (χ1n) is 5.90. The molecule has 0 unspecified atom stereocenters. The fraction of sp³-hybridized carbons (Fsp3) is 0.133.